The number of nitrogens with zero attached hydrogens (tertiary/aromatic N) is 4. The van der Waals surface area contributed by atoms with Gasteiger partial charge in [0.15, 0.2) is 5.96 Å². The van der Waals surface area contributed by atoms with Crippen LogP contribution >= 0.6 is 24.0 Å². The summed E-state index contributed by atoms with van der Waals surface area (Å²) in [6.07, 6.45) is 8.55. The summed E-state index contributed by atoms with van der Waals surface area (Å²) in [4.78, 5) is 14.2. The number of aliphatic imine (C=N–C) groups is 1. The number of hydrogen-bond donors (Lipinski definition) is 2. The number of aromatic nitrogens is 1. The van der Waals surface area contributed by atoms with E-state index in [2.05, 4.69) is 87.8 Å². The number of guanidine groups is 1. The molecule has 0 spiro atoms. The van der Waals surface area contributed by atoms with Crippen LogP contribution in [0.25, 0.3) is 0 Å². The molecule has 2 aliphatic heterocycles. The zero-order chi connectivity index (χ0) is 21.5. The molecule has 0 amide bonds. The quantitative estimate of drug-likeness (QED) is 0.247. The lowest BCUT2D eigenvalue weighted by Gasteiger charge is -2.33. The number of hydrogen-bond acceptors (Lipinski definition) is 4. The van der Waals surface area contributed by atoms with E-state index in [-0.39, 0.29) is 24.0 Å². The Morgan fingerprint density at radius 3 is 2.56 bits per heavy atom. The van der Waals surface area contributed by atoms with Crippen LogP contribution in [0.4, 0.5) is 11.5 Å². The van der Waals surface area contributed by atoms with Crippen LogP contribution in [0.3, 0.4) is 0 Å². The van der Waals surface area contributed by atoms with E-state index in [1.807, 2.05) is 6.20 Å². The van der Waals surface area contributed by atoms with Crippen molar-refractivity contribution < 1.29 is 0 Å². The number of halogens is 1. The summed E-state index contributed by atoms with van der Waals surface area (Å²) in [6, 6.07) is 13.4. The van der Waals surface area contributed by atoms with Crippen molar-refractivity contribution in [2.45, 2.75) is 39.3 Å². The number of rotatable bonds is 6. The molecule has 2 aliphatic rings. The molecular weight excluding hydrogens is 511 g/mol. The van der Waals surface area contributed by atoms with Gasteiger partial charge >= 0.3 is 0 Å². The lowest BCUT2D eigenvalue weighted by Crippen LogP contribution is -2.48. The Balaban J connectivity index is 0.00000289. The molecule has 1 saturated heterocycles. The van der Waals surface area contributed by atoms with Gasteiger partial charge in [-0.2, -0.15) is 0 Å². The highest BCUT2D eigenvalue weighted by Gasteiger charge is 2.21. The lowest BCUT2D eigenvalue weighted by atomic mass is 10.1. The Bertz CT molecular complexity index is 895. The van der Waals surface area contributed by atoms with Crippen molar-refractivity contribution in [3.63, 3.8) is 0 Å². The predicted molar refractivity (Wildman–Crippen MR) is 145 cm³/mol. The molecule has 3 heterocycles. The van der Waals surface area contributed by atoms with E-state index < -0.39 is 0 Å². The fourth-order valence-electron chi connectivity index (χ4n) is 4.12. The van der Waals surface area contributed by atoms with E-state index >= 15 is 0 Å². The van der Waals surface area contributed by atoms with Crippen molar-refractivity contribution in [2.24, 2.45) is 4.99 Å². The molecule has 1 aromatic carbocycles. The minimum Gasteiger partial charge on any atom is -0.364 e. The van der Waals surface area contributed by atoms with Gasteiger partial charge in [0.1, 0.15) is 5.82 Å². The summed E-state index contributed by atoms with van der Waals surface area (Å²) in [5.74, 6) is 1.99. The Morgan fingerprint density at radius 2 is 1.88 bits per heavy atom. The standard InChI is InChI=1S/C25H34N6.HI/c1-3-26-25(28-19-21-7-6-8-23(17-21)30-13-4-5-14-30)29-22-11-15-31(16-12-22)24-10-9-20(2)18-27-24;/h4-10,17-18,22H,3,11-16,19H2,1-2H3,(H2,26,28,29);1H. The molecule has 1 fully saturated rings. The van der Waals surface area contributed by atoms with Crippen LogP contribution in [0.1, 0.15) is 30.9 Å². The van der Waals surface area contributed by atoms with Crippen LogP contribution in [-0.4, -0.2) is 49.7 Å². The lowest BCUT2D eigenvalue weighted by molar-refractivity contribution is 0.459. The average molecular weight is 547 g/mol. The molecule has 2 aromatic rings. The molecule has 0 atom stereocenters. The summed E-state index contributed by atoms with van der Waals surface area (Å²) >= 11 is 0. The fourth-order valence-corrected chi connectivity index (χ4v) is 4.12. The molecule has 32 heavy (non-hydrogen) atoms. The summed E-state index contributed by atoms with van der Waals surface area (Å²) in [7, 11) is 0. The zero-order valence-electron chi connectivity index (χ0n) is 19.1. The van der Waals surface area contributed by atoms with Crippen LogP contribution in [0.2, 0.25) is 0 Å². The van der Waals surface area contributed by atoms with Crippen molar-refractivity contribution in [2.75, 3.05) is 42.5 Å². The van der Waals surface area contributed by atoms with Crippen LogP contribution in [0.5, 0.6) is 0 Å². The zero-order valence-corrected chi connectivity index (χ0v) is 21.5. The maximum atomic E-state index is 4.87. The van der Waals surface area contributed by atoms with E-state index in [0.717, 1.165) is 57.3 Å². The summed E-state index contributed by atoms with van der Waals surface area (Å²) in [5, 5.41) is 7.06. The Labute approximate surface area is 209 Å². The first-order chi connectivity index (χ1) is 15.2. The number of aryl methyl sites for hydroxylation is 1. The van der Waals surface area contributed by atoms with Crippen LogP contribution in [-0.2, 0) is 6.54 Å². The molecular formula is C25H35IN6. The molecule has 1 aromatic heterocycles. The Hall–Kier alpha value is -2.29. The highest BCUT2D eigenvalue weighted by molar-refractivity contribution is 14.0. The van der Waals surface area contributed by atoms with Gasteiger partial charge in [0.05, 0.1) is 6.54 Å². The van der Waals surface area contributed by atoms with Gasteiger partial charge in [0, 0.05) is 50.6 Å². The third-order valence-corrected chi connectivity index (χ3v) is 5.91. The monoisotopic (exact) mass is 546 g/mol. The molecule has 0 aliphatic carbocycles. The van der Waals surface area contributed by atoms with Crippen LogP contribution in [0, 0.1) is 6.92 Å². The second kappa shape index (κ2) is 12.1. The first-order valence-electron chi connectivity index (χ1n) is 11.4. The van der Waals surface area contributed by atoms with Gasteiger partial charge < -0.3 is 20.4 Å². The number of nitrogens with one attached hydrogen (secondary N) is 2. The molecule has 0 unspecified atom stereocenters. The number of anilines is 2. The van der Waals surface area contributed by atoms with Gasteiger partial charge in [-0.15, -0.1) is 24.0 Å². The van der Waals surface area contributed by atoms with E-state index in [1.54, 1.807) is 0 Å². The van der Waals surface area contributed by atoms with Gasteiger partial charge in [-0.1, -0.05) is 30.4 Å². The largest absolute Gasteiger partial charge is 0.364 e. The second-order valence-electron chi connectivity index (χ2n) is 8.34. The first-order valence-corrected chi connectivity index (χ1v) is 11.4. The topological polar surface area (TPSA) is 55.8 Å². The summed E-state index contributed by atoms with van der Waals surface area (Å²) in [6.45, 7) is 9.74. The molecule has 4 rings (SSSR count). The van der Waals surface area contributed by atoms with Gasteiger partial charge in [0.25, 0.3) is 0 Å². The van der Waals surface area contributed by atoms with Crippen molar-refractivity contribution in [3.05, 3.63) is 65.9 Å². The van der Waals surface area contributed by atoms with Crippen molar-refractivity contribution in [3.8, 4) is 0 Å². The van der Waals surface area contributed by atoms with Crippen molar-refractivity contribution in [1.29, 1.82) is 0 Å². The smallest absolute Gasteiger partial charge is 0.191 e. The summed E-state index contributed by atoms with van der Waals surface area (Å²) < 4.78 is 0. The maximum Gasteiger partial charge on any atom is 0.191 e. The van der Waals surface area contributed by atoms with Crippen LogP contribution < -0.4 is 20.4 Å². The van der Waals surface area contributed by atoms with Crippen molar-refractivity contribution in [1.82, 2.24) is 15.6 Å². The van der Waals surface area contributed by atoms with Gasteiger partial charge in [-0.25, -0.2) is 9.98 Å². The second-order valence-corrected chi connectivity index (χ2v) is 8.34. The maximum absolute atomic E-state index is 4.87. The van der Waals surface area contributed by atoms with Crippen molar-refractivity contribution >= 4 is 41.4 Å². The third-order valence-electron chi connectivity index (χ3n) is 5.91. The molecule has 6 nitrogen and oxygen atoms in total. The SMILES string of the molecule is CCNC(=NCc1cccc(N2CC=CC2)c1)NC1CCN(c2ccc(C)cn2)CC1.I. The first kappa shape index (κ1) is 24.4. The van der Waals surface area contributed by atoms with E-state index in [9.17, 15) is 0 Å². The average Bonchev–Trinajstić information content (AvgIpc) is 3.34. The number of piperidine rings is 1. The van der Waals surface area contributed by atoms with E-state index in [1.165, 1.54) is 16.8 Å². The molecule has 0 bridgehead atoms. The van der Waals surface area contributed by atoms with E-state index in [4.69, 9.17) is 4.99 Å². The Morgan fingerprint density at radius 1 is 1.09 bits per heavy atom. The van der Waals surface area contributed by atoms with E-state index in [0.29, 0.717) is 12.6 Å². The number of benzene rings is 1. The number of pyridine rings is 1. The van der Waals surface area contributed by atoms with Crippen LogP contribution in [0.15, 0.2) is 59.7 Å². The minimum atomic E-state index is 0. The highest BCUT2D eigenvalue weighted by Crippen LogP contribution is 2.20. The molecule has 0 saturated carbocycles. The third kappa shape index (κ3) is 6.60. The Kier molecular flexibility index (Phi) is 9.20. The van der Waals surface area contributed by atoms with Gasteiger partial charge in [-0.05, 0) is 56.0 Å². The van der Waals surface area contributed by atoms with Gasteiger partial charge in [0.2, 0.25) is 0 Å². The molecule has 172 valence electrons. The molecule has 2 N–H and O–H groups in total. The van der Waals surface area contributed by atoms with Gasteiger partial charge in [-0.3, -0.25) is 0 Å². The predicted octanol–water partition coefficient (Wildman–Crippen LogP) is 4.11. The summed E-state index contributed by atoms with van der Waals surface area (Å²) in [5.41, 5.74) is 3.71. The molecule has 7 heteroatoms. The molecule has 0 radical (unpaired) electrons. The normalized spacial score (nSPS) is 16.8. The fraction of sp³-hybridized carbons (Fsp3) is 0.440. The minimum absolute atomic E-state index is 0. The highest BCUT2D eigenvalue weighted by atomic mass is 127.